The Morgan fingerprint density at radius 2 is 1.90 bits per heavy atom. The summed E-state index contributed by atoms with van der Waals surface area (Å²) < 4.78 is 7.00. The molecule has 4 rings (SSSR count). The smallest absolute Gasteiger partial charge is 0.271 e. The van der Waals surface area contributed by atoms with Gasteiger partial charge in [-0.05, 0) is 42.0 Å². The number of carbonyl (C=O) groups is 1. The Morgan fingerprint density at radius 3 is 2.59 bits per heavy atom. The molecule has 0 aliphatic rings. The van der Waals surface area contributed by atoms with Crippen LogP contribution in [0.3, 0.4) is 0 Å². The van der Waals surface area contributed by atoms with E-state index in [-0.39, 0.29) is 18.0 Å². The summed E-state index contributed by atoms with van der Waals surface area (Å²) in [6.07, 6.45) is 1.41. The molecule has 0 atom stereocenters. The first-order valence-corrected chi connectivity index (χ1v) is 9.97. The van der Waals surface area contributed by atoms with Gasteiger partial charge >= 0.3 is 0 Å². The Labute approximate surface area is 175 Å². The van der Waals surface area contributed by atoms with Crippen molar-refractivity contribution >= 4 is 44.7 Å². The van der Waals surface area contributed by atoms with Gasteiger partial charge in [0.2, 0.25) is 5.91 Å². The molecule has 2 aromatic heterocycles. The first kappa shape index (κ1) is 19.2. The standard InChI is InChI=1S/C21H16ClN3O3S/c1-28-16-8-2-13(3-9-16)17-11-29-20-19(17)23-12-25(21(20)27)10-18(26)24-15-6-4-14(22)5-7-15/h2-9,11-12H,10H2,1H3,(H,24,26). The Bertz CT molecular complexity index is 1230. The average Bonchev–Trinajstić information content (AvgIpc) is 3.17. The van der Waals surface area contributed by atoms with Gasteiger partial charge in [-0.15, -0.1) is 11.3 Å². The Morgan fingerprint density at radius 1 is 1.17 bits per heavy atom. The number of halogens is 1. The van der Waals surface area contributed by atoms with Crippen molar-refractivity contribution in [2.45, 2.75) is 6.54 Å². The highest BCUT2D eigenvalue weighted by Gasteiger charge is 2.14. The second-order valence-electron chi connectivity index (χ2n) is 6.29. The van der Waals surface area contributed by atoms with Crippen molar-refractivity contribution in [2.75, 3.05) is 12.4 Å². The van der Waals surface area contributed by atoms with Crippen LogP contribution in [-0.2, 0) is 11.3 Å². The molecule has 0 spiro atoms. The molecule has 0 radical (unpaired) electrons. The van der Waals surface area contributed by atoms with E-state index in [4.69, 9.17) is 16.3 Å². The minimum absolute atomic E-state index is 0.125. The highest BCUT2D eigenvalue weighted by atomic mass is 35.5. The maximum Gasteiger partial charge on any atom is 0.271 e. The largest absolute Gasteiger partial charge is 0.497 e. The minimum Gasteiger partial charge on any atom is -0.497 e. The van der Waals surface area contributed by atoms with Crippen molar-refractivity contribution in [1.29, 1.82) is 0 Å². The van der Waals surface area contributed by atoms with E-state index in [1.807, 2.05) is 29.6 Å². The molecule has 6 nitrogen and oxygen atoms in total. The number of fused-ring (bicyclic) bond motifs is 1. The van der Waals surface area contributed by atoms with Crippen LogP contribution in [0.15, 0.2) is 65.0 Å². The number of anilines is 1. The van der Waals surface area contributed by atoms with Crippen LogP contribution in [0.2, 0.25) is 5.02 Å². The number of hydrogen-bond donors (Lipinski definition) is 1. The van der Waals surface area contributed by atoms with Gasteiger partial charge < -0.3 is 10.1 Å². The quantitative estimate of drug-likeness (QED) is 0.513. The summed E-state index contributed by atoms with van der Waals surface area (Å²) in [4.78, 5) is 29.6. The van der Waals surface area contributed by atoms with Crippen LogP contribution in [0, 0.1) is 0 Å². The molecule has 2 aromatic carbocycles. The van der Waals surface area contributed by atoms with Gasteiger partial charge in [0.1, 0.15) is 17.0 Å². The molecule has 1 amide bonds. The van der Waals surface area contributed by atoms with Gasteiger partial charge in [-0.25, -0.2) is 4.98 Å². The zero-order valence-electron chi connectivity index (χ0n) is 15.4. The third-order valence-corrected chi connectivity index (χ3v) is 5.60. The number of thiophene rings is 1. The van der Waals surface area contributed by atoms with Crippen LogP contribution in [0.4, 0.5) is 5.69 Å². The SMILES string of the molecule is COc1ccc(-c2csc3c(=O)n(CC(=O)Nc4ccc(Cl)cc4)cnc23)cc1. The first-order valence-electron chi connectivity index (χ1n) is 8.71. The zero-order valence-corrected chi connectivity index (χ0v) is 17.0. The molecule has 4 aromatic rings. The number of carbonyl (C=O) groups excluding carboxylic acids is 1. The van der Waals surface area contributed by atoms with Gasteiger partial charge in [-0.1, -0.05) is 23.7 Å². The zero-order chi connectivity index (χ0) is 20.4. The maximum atomic E-state index is 12.8. The van der Waals surface area contributed by atoms with Crippen molar-refractivity contribution < 1.29 is 9.53 Å². The van der Waals surface area contributed by atoms with Crippen LogP contribution < -0.4 is 15.6 Å². The maximum absolute atomic E-state index is 12.8. The molecule has 0 saturated carbocycles. The highest BCUT2D eigenvalue weighted by Crippen LogP contribution is 2.31. The average molecular weight is 426 g/mol. The van der Waals surface area contributed by atoms with E-state index in [0.717, 1.165) is 16.9 Å². The molecule has 0 bridgehead atoms. The summed E-state index contributed by atoms with van der Waals surface area (Å²) in [5.74, 6) is 0.442. The second-order valence-corrected chi connectivity index (χ2v) is 7.60. The summed E-state index contributed by atoms with van der Waals surface area (Å²) in [5, 5.41) is 5.23. The molecule has 0 aliphatic heterocycles. The normalized spacial score (nSPS) is 10.8. The summed E-state index contributed by atoms with van der Waals surface area (Å²) in [7, 11) is 1.61. The van der Waals surface area contributed by atoms with Gasteiger partial charge in [0.25, 0.3) is 5.56 Å². The fourth-order valence-electron chi connectivity index (χ4n) is 2.92. The first-order chi connectivity index (χ1) is 14.0. The van der Waals surface area contributed by atoms with Crippen molar-refractivity contribution in [3.63, 3.8) is 0 Å². The van der Waals surface area contributed by atoms with Gasteiger partial charge in [-0.3, -0.25) is 14.2 Å². The molecular weight excluding hydrogens is 410 g/mol. The number of rotatable bonds is 5. The molecule has 0 aliphatic carbocycles. The van der Waals surface area contributed by atoms with Gasteiger partial charge in [-0.2, -0.15) is 0 Å². The molecule has 0 fully saturated rings. The molecule has 0 saturated heterocycles. The lowest BCUT2D eigenvalue weighted by Crippen LogP contribution is -2.27. The van der Waals surface area contributed by atoms with E-state index >= 15 is 0 Å². The van der Waals surface area contributed by atoms with Crippen LogP contribution in [0.5, 0.6) is 5.75 Å². The lowest BCUT2D eigenvalue weighted by molar-refractivity contribution is -0.116. The van der Waals surface area contributed by atoms with E-state index in [0.29, 0.717) is 20.9 Å². The number of aromatic nitrogens is 2. The van der Waals surface area contributed by atoms with E-state index in [9.17, 15) is 9.59 Å². The molecule has 146 valence electrons. The van der Waals surface area contributed by atoms with E-state index in [1.165, 1.54) is 22.2 Å². The molecule has 2 heterocycles. The van der Waals surface area contributed by atoms with Crippen molar-refractivity contribution in [3.8, 4) is 16.9 Å². The predicted molar refractivity (Wildman–Crippen MR) is 116 cm³/mol. The lowest BCUT2D eigenvalue weighted by Gasteiger charge is -2.08. The fourth-order valence-corrected chi connectivity index (χ4v) is 4.02. The molecular formula is C21H16ClN3O3S. The second kappa shape index (κ2) is 8.06. The third kappa shape index (κ3) is 4.01. The van der Waals surface area contributed by atoms with Crippen molar-refractivity contribution in [3.05, 3.63) is 75.6 Å². The molecule has 8 heteroatoms. The van der Waals surface area contributed by atoms with E-state index in [1.54, 1.807) is 31.4 Å². The van der Waals surface area contributed by atoms with Gasteiger partial charge in [0, 0.05) is 21.7 Å². The van der Waals surface area contributed by atoms with E-state index in [2.05, 4.69) is 10.3 Å². The summed E-state index contributed by atoms with van der Waals surface area (Å²) in [5.41, 5.74) is 2.81. The number of ether oxygens (including phenoxy) is 1. The Kier molecular flexibility index (Phi) is 5.33. The van der Waals surface area contributed by atoms with Crippen LogP contribution >= 0.6 is 22.9 Å². The van der Waals surface area contributed by atoms with E-state index < -0.39 is 0 Å². The lowest BCUT2D eigenvalue weighted by atomic mass is 10.1. The monoisotopic (exact) mass is 425 g/mol. The topological polar surface area (TPSA) is 73.2 Å². The number of nitrogens with zero attached hydrogens (tertiary/aromatic N) is 2. The van der Waals surface area contributed by atoms with Crippen molar-refractivity contribution in [2.24, 2.45) is 0 Å². The van der Waals surface area contributed by atoms with Crippen LogP contribution in [0.1, 0.15) is 0 Å². The molecule has 0 unspecified atom stereocenters. The summed E-state index contributed by atoms with van der Waals surface area (Å²) in [6.45, 7) is -0.125. The highest BCUT2D eigenvalue weighted by molar-refractivity contribution is 7.17. The number of methoxy groups -OCH3 is 1. The number of benzene rings is 2. The van der Waals surface area contributed by atoms with Crippen LogP contribution in [0.25, 0.3) is 21.3 Å². The van der Waals surface area contributed by atoms with Gasteiger partial charge in [0.05, 0.1) is 19.0 Å². The van der Waals surface area contributed by atoms with Gasteiger partial charge in [0.15, 0.2) is 0 Å². The number of amides is 1. The Hall–Kier alpha value is -3.16. The summed E-state index contributed by atoms with van der Waals surface area (Å²) in [6, 6.07) is 14.3. The van der Waals surface area contributed by atoms with Crippen LogP contribution in [-0.4, -0.2) is 22.6 Å². The summed E-state index contributed by atoms with van der Waals surface area (Å²) >= 11 is 7.16. The predicted octanol–water partition coefficient (Wildman–Crippen LogP) is 4.43. The minimum atomic E-state index is -0.317. The Balaban J connectivity index is 1.58. The number of hydrogen-bond acceptors (Lipinski definition) is 5. The fraction of sp³-hybridized carbons (Fsp3) is 0.0952. The third-order valence-electron chi connectivity index (χ3n) is 4.39. The number of nitrogens with one attached hydrogen (secondary N) is 1. The molecule has 1 N–H and O–H groups in total. The molecule has 29 heavy (non-hydrogen) atoms. The van der Waals surface area contributed by atoms with Crippen molar-refractivity contribution in [1.82, 2.24) is 9.55 Å².